The molecular weight excluding hydrogens is 477 g/mol. The smallest absolute Gasteiger partial charge is 0.422 e. The normalized spacial score (nSPS) is 12.9. The Bertz CT molecular complexity index is 1310. The summed E-state index contributed by atoms with van der Waals surface area (Å²) in [6, 6.07) is 16.6. The van der Waals surface area contributed by atoms with Crippen molar-refractivity contribution >= 4 is 23.4 Å². The van der Waals surface area contributed by atoms with Gasteiger partial charge in [0.2, 0.25) is 0 Å². The Morgan fingerprint density at radius 1 is 0.889 bits per heavy atom. The number of rotatable bonds is 8. The zero-order chi connectivity index (χ0) is 25.9. The van der Waals surface area contributed by atoms with E-state index in [1.54, 1.807) is 30.3 Å². The summed E-state index contributed by atoms with van der Waals surface area (Å²) in [7, 11) is 0. The zero-order valence-corrected chi connectivity index (χ0v) is 19.1. The molecule has 0 aromatic heterocycles. The molecule has 1 aliphatic rings. The minimum absolute atomic E-state index is 0.0182. The van der Waals surface area contributed by atoms with E-state index in [1.165, 1.54) is 36.4 Å². The van der Waals surface area contributed by atoms with Gasteiger partial charge in [-0.05, 0) is 67.1 Å². The second-order valence-corrected chi connectivity index (χ2v) is 7.87. The SMILES string of the molecule is CCOc1ccc(N2C(=O)c3ccc(C(=O)NCc4cccc(OCC(F)(F)F)c4)cc3C2=O)cc1. The third-order valence-electron chi connectivity index (χ3n) is 5.31. The standard InChI is InChI=1S/C26H21F3N2O5/c1-2-35-19-9-7-18(8-10-19)31-24(33)21-11-6-17(13-22(21)25(31)34)23(32)30-14-16-4-3-5-20(12-16)36-15-26(27,28)29/h3-13H,2,14-15H2,1H3,(H,30,32). The average Bonchev–Trinajstić information content (AvgIpc) is 3.11. The van der Waals surface area contributed by atoms with Crippen molar-refractivity contribution in [2.24, 2.45) is 0 Å². The Balaban J connectivity index is 1.44. The van der Waals surface area contributed by atoms with E-state index in [0.717, 1.165) is 4.90 Å². The predicted molar refractivity (Wildman–Crippen MR) is 124 cm³/mol. The van der Waals surface area contributed by atoms with Crippen LogP contribution in [0.3, 0.4) is 0 Å². The lowest BCUT2D eigenvalue weighted by atomic mass is 10.1. The molecule has 1 aliphatic heterocycles. The molecule has 4 rings (SSSR count). The van der Waals surface area contributed by atoms with Gasteiger partial charge in [-0.1, -0.05) is 12.1 Å². The van der Waals surface area contributed by atoms with Crippen LogP contribution in [0.4, 0.5) is 18.9 Å². The third kappa shape index (κ3) is 5.48. The molecule has 36 heavy (non-hydrogen) atoms. The monoisotopic (exact) mass is 498 g/mol. The van der Waals surface area contributed by atoms with Crippen molar-refractivity contribution in [1.29, 1.82) is 0 Å². The zero-order valence-electron chi connectivity index (χ0n) is 19.1. The highest BCUT2D eigenvalue weighted by molar-refractivity contribution is 6.34. The summed E-state index contributed by atoms with van der Waals surface area (Å²) in [6.07, 6.45) is -4.46. The highest BCUT2D eigenvalue weighted by Crippen LogP contribution is 2.30. The van der Waals surface area contributed by atoms with Crippen molar-refractivity contribution in [2.45, 2.75) is 19.6 Å². The lowest BCUT2D eigenvalue weighted by Gasteiger charge is -2.14. The molecule has 1 heterocycles. The minimum Gasteiger partial charge on any atom is -0.494 e. The molecule has 0 bridgehead atoms. The van der Waals surface area contributed by atoms with Crippen LogP contribution in [0.15, 0.2) is 66.7 Å². The first kappa shape index (κ1) is 24.8. The first-order valence-electron chi connectivity index (χ1n) is 11.0. The van der Waals surface area contributed by atoms with E-state index in [2.05, 4.69) is 5.32 Å². The first-order chi connectivity index (χ1) is 17.2. The Morgan fingerprint density at radius 3 is 2.31 bits per heavy atom. The third-order valence-corrected chi connectivity index (χ3v) is 5.31. The van der Waals surface area contributed by atoms with Crippen LogP contribution >= 0.6 is 0 Å². The molecule has 3 aromatic carbocycles. The van der Waals surface area contributed by atoms with Gasteiger partial charge in [0.25, 0.3) is 17.7 Å². The fourth-order valence-electron chi connectivity index (χ4n) is 3.67. The maximum atomic E-state index is 13.0. The number of hydrogen-bond acceptors (Lipinski definition) is 5. The fourth-order valence-corrected chi connectivity index (χ4v) is 3.67. The van der Waals surface area contributed by atoms with Crippen LogP contribution in [0.25, 0.3) is 0 Å². The number of anilines is 1. The number of benzene rings is 3. The molecule has 0 fully saturated rings. The van der Waals surface area contributed by atoms with E-state index in [4.69, 9.17) is 9.47 Å². The van der Waals surface area contributed by atoms with E-state index in [1.807, 2.05) is 6.92 Å². The molecule has 0 radical (unpaired) electrons. The molecule has 0 saturated carbocycles. The maximum Gasteiger partial charge on any atom is 0.422 e. The summed E-state index contributed by atoms with van der Waals surface area (Å²) >= 11 is 0. The van der Waals surface area contributed by atoms with Crippen LogP contribution in [0.5, 0.6) is 11.5 Å². The largest absolute Gasteiger partial charge is 0.494 e. The molecule has 0 spiro atoms. The minimum atomic E-state index is -4.46. The Labute approximate surface area is 204 Å². The number of carbonyl (C=O) groups excluding carboxylic acids is 3. The van der Waals surface area contributed by atoms with E-state index in [9.17, 15) is 27.6 Å². The van der Waals surface area contributed by atoms with Gasteiger partial charge in [0.05, 0.1) is 23.4 Å². The molecule has 3 amide bonds. The van der Waals surface area contributed by atoms with Crippen LogP contribution in [-0.4, -0.2) is 37.1 Å². The number of hydrogen-bond donors (Lipinski definition) is 1. The van der Waals surface area contributed by atoms with Gasteiger partial charge in [-0.2, -0.15) is 13.2 Å². The van der Waals surface area contributed by atoms with Gasteiger partial charge in [0.15, 0.2) is 6.61 Å². The molecule has 186 valence electrons. The molecule has 0 aliphatic carbocycles. The van der Waals surface area contributed by atoms with Crippen LogP contribution in [0.2, 0.25) is 0 Å². The number of nitrogens with one attached hydrogen (secondary N) is 1. The summed E-state index contributed by atoms with van der Waals surface area (Å²) < 4.78 is 47.2. The Morgan fingerprint density at radius 2 is 1.61 bits per heavy atom. The van der Waals surface area contributed by atoms with E-state index < -0.39 is 30.5 Å². The van der Waals surface area contributed by atoms with Gasteiger partial charge in [-0.3, -0.25) is 14.4 Å². The van der Waals surface area contributed by atoms with Crippen LogP contribution < -0.4 is 19.7 Å². The highest BCUT2D eigenvalue weighted by Gasteiger charge is 2.37. The van der Waals surface area contributed by atoms with Crippen molar-refractivity contribution < 1.29 is 37.0 Å². The number of nitrogens with zero attached hydrogens (tertiary/aromatic N) is 1. The predicted octanol–water partition coefficient (Wildman–Crippen LogP) is 4.76. The molecular formula is C26H21F3N2O5. The summed E-state index contributed by atoms with van der Waals surface area (Å²) in [4.78, 5) is 39.6. The lowest BCUT2D eigenvalue weighted by Crippen LogP contribution is -2.29. The number of ether oxygens (including phenoxy) is 2. The molecule has 0 atom stereocenters. The van der Waals surface area contributed by atoms with E-state index in [-0.39, 0.29) is 29.0 Å². The van der Waals surface area contributed by atoms with Crippen LogP contribution in [0.1, 0.15) is 43.6 Å². The Kier molecular flexibility index (Phi) is 6.96. The van der Waals surface area contributed by atoms with Gasteiger partial charge in [-0.15, -0.1) is 0 Å². The molecule has 3 aromatic rings. The summed E-state index contributed by atoms with van der Waals surface area (Å²) in [6.45, 7) is 0.924. The van der Waals surface area contributed by atoms with Crippen molar-refractivity contribution in [3.63, 3.8) is 0 Å². The average molecular weight is 498 g/mol. The summed E-state index contributed by atoms with van der Waals surface area (Å²) in [5.41, 5.74) is 1.34. The van der Waals surface area contributed by atoms with E-state index in [0.29, 0.717) is 23.6 Å². The molecule has 0 saturated heterocycles. The molecule has 1 N–H and O–H groups in total. The van der Waals surface area contributed by atoms with Crippen molar-refractivity contribution in [2.75, 3.05) is 18.1 Å². The van der Waals surface area contributed by atoms with Crippen molar-refractivity contribution in [3.8, 4) is 11.5 Å². The van der Waals surface area contributed by atoms with Gasteiger partial charge < -0.3 is 14.8 Å². The number of alkyl halides is 3. The summed E-state index contributed by atoms with van der Waals surface area (Å²) in [5, 5.41) is 2.65. The number of fused-ring (bicyclic) bond motifs is 1. The highest BCUT2D eigenvalue weighted by atomic mass is 19.4. The second kappa shape index (κ2) is 10.1. The number of imide groups is 1. The molecule has 0 unspecified atom stereocenters. The molecule has 7 nitrogen and oxygen atoms in total. The van der Waals surface area contributed by atoms with Gasteiger partial charge >= 0.3 is 6.18 Å². The van der Waals surface area contributed by atoms with Crippen LogP contribution in [0, 0.1) is 0 Å². The van der Waals surface area contributed by atoms with Gasteiger partial charge in [0, 0.05) is 12.1 Å². The topological polar surface area (TPSA) is 84.9 Å². The van der Waals surface area contributed by atoms with Gasteiger partial charge in [-0.25, -0.2) is 4.90 Å². The summed E-state index contributed by atoms with van der Waals surface area (Å²) in [5.74, 6) is -0.936. The fraction of sp³-hybridized carbons (Fsp3) is 0.192. The van der Waals surface area contributed by atoms with Gasteiger partial charge in [0.1, 0.15) is 11.5 Å². The quantitative estimate of drug-likeness (QED) is 0.453. The number of amides is 3. The van der Waals surface area contributed by atoms with Crippen molar-refractivity contribution in [1.82, 2.24) is 5.32 Å². The van der Waals surface area contributed by atoms with Crippen LogP contribution in [-0.2, 0) is 6.54 Å². The van der Waals surface area contributed by atoms with E-state index >= 15 is 0 Å². The Hall–Kier alpha value is -4.34. The second-order valence-electron chi connectivity index (χ2n) is 7.87. The lowest BCUT2D eigenvalue weighted by molar-refractivity contribution is -0.153. The maximum absolute atomic E-state index is 13.0. The van der Waals surface area contributed by atoms with Crippen molar-refractivity contribution in [3.05, 3.63) is 89.0 Å². The first-order valence-corrected chi connectivity index (χ1v) is 11.0. The number of carbonyl (C=O) groups is 3. The number of halogens is 3. The molecule has 10 heteroatoms.